The normalized spacial score (nSPS) is 22.5. The third-order valence-electron chi connectivity index (χ3n) is 3.11. The van der Waals surface area contributed by atoms with Crippen LogP contribution in [0.5, 0.6) is 5.75 Å². The van der Waals surface area contributed by atoms with E-state index < -0.39 is 0 Å². The predicted octanol–water partition coefficient (Wildman–Crippen LogP) is 1.95. The molecule has 0 radical (unpaired) electrons. The summed E-state index contributed by atoms with van der Waals surface area (Å²) in [5.41, 5.74) is 1.02. The molecule has 1 amide bonds. The second-order valence-electron chi connectivity index (χ2n) is 4.15. The van der Waals surface area contributed by atoms with Crippen molar-refractivity contribution in [3.63, 3.8) is 0 Å². The van der Waals surface area contributed by atoms with E-state index in [1.807, 2.05) is 35.2 Å². The highest BCUT2D eigenvalue weighted by atomic mass is 16.5. The molecule has 0 N–H and O–H groups in total. The molecule has 3 rings (SSSR count). The minimum absolute atomic E-state index is 0.227. The highest BCUT2D eigenvalue weighted by Gasteiger charge is 2.41. The van der Waals surface area contributed by atoms with Gasteiger partial charge < -0.3 is 9.64 Å². The summed E-state index contributed by atoms with van der Waals surface area (Å²) in [6.45, 7) is 0.492. The van der Waals surface area contributed by atoms with Crippen molar-refractivity contribution in [3.05, 3.63) is 42.1 Å². The lowest BCUT2D eigenvalue weighted by Crippen LogP contribution is -2.49. The van der Waals surface area contributed by atoms with Gasteiger partial charge in [0.05, 0.1) is 5.70 Å². The van der Waals surface area contributed by atoms with Gasteiger partial charge in [0.2, 0.25) is 5.91 Å². The van der Waals surface area contributed by atoms with Gasteiger partial charge in [0.25, 0.3) is 0 Å². The second-order valence-corrected chi connectivity index (χ2v) is 4.15. The van der Waals surface area contributed by atoms with Crippen molar-refractivity contribution >= 4 is 5.91 Å². The van der Waals surface area contributed by atoms with E-state index in [1.165, 1.54) is 0 Å². The predicted molar refractivity (Wildman–Crippen MR) is 59.9 cm³/mol. The lowest BCUT2D eigenvalue weighted by atomic mass is 10.0. The van der Waals surface area contributed by atoms with Gasteiger partial charge in [-0.25, -0.2) is 0 Å². The monoisotopic (exact) mass is 215 g/mol. The molecule has 2 aliphatic rings. The fourth-order valence-electron chi connectivity index (χ4n) is 2.24. The average molecular weight is 215 g/mol. The lowest BCUT2D eigenvalue weighted by molar-refractivity contribution is -0.141. The molecule has 0 bridgehead atoms. The van der Waals surface area contributed by atoms with E-state index in [-0.39, 0.29) is 5.91 Å². The van der Waals surface area contributed by atoms with Gasteiger partial charge in [0, 0.05) is 12.5 Å². The first kappa shape index (κ1) is 9.46. The Balaban J connectivity index is 1.62. The molecular weight excluding hydrogens is 202 g/mol. The average Bonchev–Trinajstić information content (AvgIpc) is 2.64. The van der Waals surface area contributed by atoms with Gasteiger partial charge in [-0.3, -0.25) is 4.79 Å². The van der Waals surface area contributed by atoms with Crippen molar-refractivity contribution in [1.82, 2.24) is 4.90 Å². The number of β-lactam (4-membered cyclic amide) rings is 1. The van der Waals surface area contributed by atoms with E-state index >= 15 is 0 Å². The Morgan fingerprint density at radius 2 is 2.12 bits per heavy atom. The maximum Gasteiger partial charge on any atom is 0.229 e. The van der Waals surface area contributed by atoms with Gasteiger partial charge >= 0.3 is 0 Å². The Morgan fingerprint density at radius 3 is 2.88 bits per heavy atom. The molecule has 0 unspecified atom stereocenters. The third-order valence-corrected chi connectivity index (χ3v) is 3.11. The van der Waals surface area contributed by atoms with Crippen LogP contribution in [0, 0.1) is 0 Å². The highest BCUT2D eigenvalue weighted by Crippen LogP contribution is 2.33. The largest absolute Gasteiger partial charge is 0.487 e. The summed E-state index contributed by atoms with van der Waals surface area (Å²) in [4.78, 5) is 13.2. The summed E-state index contributed by atoms with van der Waals surface area (Å²) in [7, 11) is 0. The van der Waals surface area contributed by atoms with Gasteiger partial charge in [-0.15, -0.1) is 0 Å². The number of hydrogen-bond acceptors (Lipinski definition) is 2. The van der Waals surface area contributed by atoms with E-state index in [2.05, 4.69) is 6.08 Å². The molecule has 1 aromatic rings. The van der Waals surface area contributed by atoms with E-state index in [0.29, 0.717) is 19.1 Å². The Morgan fingerprint density at radius 1 is 1.31 bits per heavy atom. The quantitative estimate of drug-likeness (QED) is 0.721. The maximum atomic E-state index is 11.4. The van der Waals surface area contributed by atoms with Crippen LogP contribution in [0.1, 0.15) is 12.8 Å². The highest BCUT2D eigenvalue weighted by molar-refractivity contribution is 5.86. The first-order valence-electron chi connectivity index (χ1n) is 5.53. The summed E-state index contributed by atoms with van der Waals surface area (Å²) in [5.74, 6) is 1.07. The molecule has 3 nitrogen and oxygen atoms in total. The lowest BCUT2D eigenvalue weighted by Gasteiger charge is -2.36. The Labute approximate surface area is 94.3 Å². The number of para-hydroxylation sites is 1. The van der Waals surface area contributed by atoms with Crippen LogP contribution in [0.3, 0.4) is 0 Å². The van der Waals surface area contributed by atoms with Crippen LogP contribution in [-0.4, -0.2) is 23.5 Å². The Hall–Kier alpha value is -1.77. The number of carbonyl (C=O) groups excluding carboxylic acids is 1. The molecule has 0 saturated carbocycles. The first-order valence-corrected chi connectivity index (χ1v) is 5.53. The third kappa shape index (κ3) is 1.48. The molecule has 2 aliphatic heterocycles. The molecular formula is C13H13NO2. The van der Waals surface area contributed by atoms with Crippen LogP contribution >= 0.6 is 0 Å². The van der Waals surface area contributed by atoms with Gasteiger partial charge in [0.1, 0.15) is 12.4 Å². The molecule has 0 aliphatic carbocycles. The molecule has 3 heteroatoms. The van der Waals surface area contributed by atoms with E-state index in [9.17, 15) is 4.79 Å². The minimum Gasteiger partial charge on any atom is -0.487 e. The van der Waals surface area contributed by atoms with Gasteiger partial charge in [0.15, 0.2) is 0 Å². The zero-order valence-corrected chi connectivity index (χ0v) is 8.93. The van der Waals surface area contributed by atoms with Crippen molar-refractivity contribution in [3.8, 4) is 5.75 Å². The number of benzene rings is 1. The molecule has 82 valence electrons. The molecule has 1 fully saturated rings. The molecule has 1 aromatic carbocycles. The number of hydrogen-bond donors (Lipinski definition) is 0. The smallest absolute Gasteiger partial charge is 0.229 e. The van der Waals surface area contributed by atoms with Crippen LogP contribution in [0.15, 0.2) is 42.1 Å². The summed E-state index contributed by atoms with van der Waals surface area (Å²) >= 11 is 0. The fraction of sp³-hybridized carbons (Fsp3) is 0.308. The Kier molecular flexibility index (Phi) is 2.17. The standard InChI is InChI=1S/C13H13NO2/c15-13-8-10-6-7-11(14(10)13)9-16-12-4-2-1-3-5-12/h1-5,7,10H,6,8-9H2/t10-/m1/s1. The van der Waals surface area contributed by atoms with Crippen LogP contribution in [-0.2, 0) is 4.79 Å². The minimum atomic E-state index is 0.227. The molecule has 1 saturated heterocycles. The number of carbonyl (C=O) groups is 1. The first-order chi connectivity index (χ1) is 7.84. The van der Waals surface area contributed by atoms with Crippen molar-refractivity contribution in [2.75, 3.05) is 6.61 Å². The maximum absolute atomic E-state index is 11.4. The fourth-order valence-corrected chi connectivity index (χ4v) is 2.24. The summed E-state index contributed by atoms with van der Waals surface area (Å²) in [5, 5.41) is 0. The molecule has 0 aromatic heterocycles. The number of fused-ring (bicyclic) bond motifs is 1. The second kappa shape index (κ2) is 3.67. The van der Waals surface area contributed by atoms with Crippen molar-refractivity contribution in [2.45, 2.75) is 18.9 Å². The molecule has 1 atom stereocenters. The topological polar surface area (TPSA) is 29.5 Å². The van der Waals surface area contributed by atoms with Crippen LogP contribution in [0.25, 0.3) is 0 Å². The number of ether oxygens (including phenoxy) is 1. The van der Waals surface area contributed by atoms with Crippen LogP contribution in [0.4, 0.5) is 0 Å². The summed E-state index contributed by atoms with van der Waals surface area (Å²) < 4.78 is 5.63. The van der Waals surface area contributed by atoms with E-state index in [4.69, 9.17) is 4.74 Å². The molecule has 2 heterocycles. The number of nitrogens with zero attached hydrogens (tertiary/aromatic N) is 1. The summed E-state index contributed by atoms with van der Waals surface area (Å²) in [6, 6.07) is 10.1. The van der Waals surface area contributed by atoms with Gasteiger partial charge in [-0.2, -0.15) is 0 Å². The van der Waals surface area contributed by atoms with E-state index in [0.717, 1.165) is 17.9 Å². The zero-order chi connectivity index (χ0) is 11.0. The number of rotatable bonds is 3. The number of amides is 1. The Bertz CT molecular complexity index is 439. The van der Waals surface area contributed by atoms with Gasteiger partial charge in [-0.1, -0.05) is 24.3 Å². The summed E-state index contributed by atoms with van der Waals surface area (Å²) in [6.07, 6.45) is 3.79. The van der Waals surface area contributed by atoms with Crippen molar-refractivity contribution in [1.29, 1.82) is 0 Å². The van der Waals surface area contributed by atoms with Gasteiger partial charge in [-0.05, 0) is 18.6 Å². The molecule has 16 heavy (non-hydrogen) atoms. The SMILES string of the molecule is O=C1C[C@H]2CC=C(COc3ccccc3)N12. The van der Waals surface area contributed by atoms with Crippen molar-refractivity contribution in [2.24, 2.45) is 0 Å². The zero-order valence-electron chi connectivity index (χ0n) is 8.93. The van der Waals surface area contributed by atoms with Crippen LogP contribution in [0.2, 0.25) is 0 Å². The van der Waals surface area contributed by atoms with Crippen LogP contribution < -0.4 is 4.74 Å². The molecule has 0 spiro atoms. The van der Waals surface area contributed by atoms with Crippen molar-refractivity contribution < 1.29 is 9.53 Å². The van der Waals surface area contributed by atoms with E-state index in [1.54, 1.807) is 0 Å².